The molecule has 0 aromatic heterocycles. The van der Waals surface area contributed by atoms with Crippen molar-refractivity contribution in [1.82, 2.24) is 10.6 Å². The molecule has 0 bridgehead atoms. The van der Waals surface area contributed by atoms with Crippen LogP contribution in [0.3, 0.4) is 0 Å². The molecule has 1 saturated heterocycles. The molecule has 1 heterocycles. The third-order valence-corrected chi connectivity index (χ3v) is 5.37. The van der Waals surface area contributed by atoms with Crippen molar-refractivity contribution in [3.8, 4) is 0 Å². The summed E-state index contributed by atoms with van der Waals surface area (Å²) in [6.07, 6.45) is 3.01. The van der Waals surface area contributed by atoms with Crippen molar-refractivity contribution >= 4 is 15.7 Å². The van der Waals surface area contributed by atoms with Gasteiger partial charge in [0.2, 0.25) is 5.91 Å². The highest BCUT2D eigenvalue weighted by molar-refractivity contribution is 7.91. The summed E-state index contributed by atoms with van der Waals surface area (Å²) in [6.45, 7) is 2.83. The second-order valence-corrected chi connectivity index (χ2v) is 7.69. The van der Waals surface area contributed by atoms with Crippen LogP contribution in [0.25, 0.3) is 0 Å². The van der Waals surface area contributed by atoms with E-state index in [9.17, 15) is 13.2 Å². The summed E-state index contributed by atoms with van der Waals surface area (Å²) in [4.78, 5) is 11.5. The average molecular weight is 260 g/mol. The molecule has 1 atom stereocenters. The Bertz CT molecular complexity index is 403. The van der Waals surface area contributed by atoms with Gasteiger partial charge in [-0.2, -0.15) is 0 Å². The molecular weight excluding hydrogens is 240 g/mol. The summed E-state index contributed by atoms with van der Waals surface area (Å²) < 4.78 is 22.7. The van der Waals surface area contributed by atoms with E-state index in [0.29, 0.717) is 12.3 Å². The molecular formula is C11H20N2O3S. The summed E-state index contributed by atoms with van der Waals surface area (Å²) >= 11 is 0. The number of nitrogens with one attached hydrogen (secondary N) is 2. The normalized spacial score (nSPS) is 31.4. The van der Waals surface area contributed by atoms with Gasteiger partial charge in [0, 0.05) is 12.1 Å². The van der Waals surface area contributed by atoms with Crippen LogP contribution in [0.15, 0.2) is 0 Å². The van der Waals surface area contributed by atoms with Gasteiger partial charge in [-0.05, 0) is 32.1 Å². The van der Waals surface area contributed by atoms with Gasteiger partial charge in [-0.15, -0.1) is 0 Å². The SMILES string of the molecule is CC1(NCC(=O)NCC2CC2)CCS(=O)(=O)C1. The summed E-state index contributed by atoms with van der Waals surface area (Å²) in [6, 6.07) is 0. The van der Waals surface area contributed by atoms with Crippen LogP contribution in [0, 0.1) is 5.92 Å². The monoisotopic (exact) mass is 260 g/mol. The summed E-state index contributed by atoms with van der Waals surface area (Å²) in [5.74, 6) is 0.986. The zero-order valence-corrected chi connectivity index (χ0v) is 11.0. The van der Waals surface area contributed by atoms with Gasteiger partial charge in [-0.3, -0.25) is 4.79 Å². The molecule has 1 saturated carbocycles. The number of hydrogen-bond acceptors (Lipinski definition) is 4. The summed E-state index contributed by atoms with van der Waals surface area (Å²) in [5.41, 5.74) is -0.435. The summed E-state index contributed by atoms with van der Waals surface area (Å²) in [7, 11) is -2.91. The van der Waals surface area contributed by atoms with E-state index in [-0.39, 0.29) is 24.0 Å². The first-order valence-corrected chi connectivity index (χ1v) is 7.93. The van der Waals surface area contributed by atoms with E-state index in [4.69, 9.17) is 0 Å². The minimum Gasteiger partial charge on any atom is -0.355 e. The zero-order valence-electron chi connectivity index (χ0n) is 10.2. The van der Waals surface area contributed by atoms with Gasteiger partial charge in [0.15, 0.2) is 9.84 Å². The maximum Gasteiger partial charge on any atom is 0.233 e. The molecule has 0 spiro atoms. The molecule has 17 heavy (non-hydrogen) atoms. The fourth-order valence-electron chi connectivity index (χ4n) is 2.09. The number of sulfone groups is 1. The van der Waals surface area contributed by atoms with Crippen molar-refractivity contribution in [3.05, 3.63) is 0 Å². The number of carbonyl (C=O) groups excluding carboxylic acids is 1. The first kappa shape index (κ1) is 12.8. The van der Waals surface area contributed by atoms with Crippen LogP contribution >= 0.6 is 0 Å². The molecule has 98 valence electrons. The highest BCUT2D eigenvalue weighted by atomic mass is 32.2. The van der Waals surface area contributed by atoms with Gasteiger partial charge < -0.3 is 10.6 Å². The van der Waals surface area contributed by atoms with E-state index in [1.165, 1.54) is 12.8 Å². The Labute approximate surface area is 102 Å². The highest BCUT2D eigenvalue weighted by Gasteiger charge is 2.38. The van der Waals surface area contributed by atoms with Gasteiger partial charge >= 0.3 is 0 Å². The molecule has 1 aliphatic heterocycles. The van der Waals surface area contributed by atoms with Crippen LogP contribution in [0.5, 0.6) is 0 Å². The second-order valence-electron chi connectivity index (χ2n) is 5.50. The van der Waals surface area contributed by atoms with Crippen molar-refractivity contribution in [3.63, 3.8) is 0 Å². The molecule has 2 aliphatic rings. The fraction of sp³-hybridized carbons (Fsp3) is 0.909. The Hall–Kier alpha value is -0.620. The minimum atomic E-state index is -2.91. The van der Waals surface area contributed by atoms with E-state index < -0.39 is 15.4 Å². The lowest BCUT2D eigenvalue weighted by molar-refractivity contribution is -0.120. The standard InChI is InChI=1S/C11H20N2O3S/c1-11(4-5-17(15,16)8-11)13-7-10(14)12-6-9-2-3-9/h9,13H,2-8H2,1H3,(H,12,14). The number of hydrogen-bond donors (Lipinski definition) is 2. The molecule has 0 aromatic rings. The van der Waals surface area contributed by atoms with Crippen molar-refractivity contribution in [2.45, 2.75) is 31.7 Å². The van der Waals surface area contributed by atoms with E-state index in [0.717, 1.165) is 6.54 Å². The highest BCUT2D eigenvalue weighted by Crippen LogP contribution is 2.27. The maximum atomic E-state index is 11.5. The Balaban J connectivity index is 1.71. The predicted molar refractivity (Wildman–Crippen MR) is 65.4 cm³/mol. The topological polar surface area (TPSA) is 75.3 Å². The van der Waals surface area contributed by atoms with Crippen LogP contribution < -0.4 is 10.6 Å². The van der Waals surface area contributed by atoms with Gasteiger partial charge in [-0.1, -0.05) is 0 Å². The van der Waals surface area contributed by atoms with E-state index in [2.05, 4.69) is 10.6 Å². The number of amides is 1. The Morgan fingerprint density at radius 3 is 2.65 bits per heavy atom. The first-order chi connectivity index (χ1) is 7.89. The van der Waals surface area contributed by atoms with E-state index >= 15 is 0 Å². The lowest BCUT2D eigenvalue weighted by Gasteiger charge is -2.23. The Morgan fingerprint density at radius 2 is 2.12 bits per heavy atom. The second kappa shape index (κ2) is 4.57. The van der Waals surface area contributed by atoms with Crippen LogP contribution in [0.4, 0.5) is 0 Å². The van der Waals surface area contributed by atoms with E-state index in [1.54, 1.807) is 0 Å². The van der Waals surface area contributed by atoms with Crippen molar-refractivity contribution < 1.29 is 13.2 Å². The number of carbonyl (C=O) groups is 1. The van der Waals surface area contributed by atoms with Crippen molar-refractivity contribution in [2.75, 3.05) is 24.6 Å². The quantitative estimate of drug-likeness (QED) is 0.710. The molecule has 0 aromatic carbocycles. The summed E-state index contributed by atoms with van der Waals surface area (Å²) in [5, 5.41) is 5.92. The third-order valence-electron chi connectivity index (χ3n) is 3.46. The molecule has 1 aliphatic carbocycles. The maximum absolute atomic E-state index is 11.5. The van der Waals surface area contributed by atoms with Crippen molar-refractivity contribution in [1.29, 1.82) is 0 Å². The fourth-order valence-corrected chi connectivity index (χ4v) is 4.21. The molecule has 1 unspecified atom stereocenters. The molecule has 2 fully saturated rings. The molecule has 0 radical (unpaired) electrons. The molecule has 2 N–H and O–H groups in total. The third kappa shape index (κ3) is 3.96. The van der Waals surface area contributed by atoms with Gasteiger partial charge in [0.05, 0.1) is 18.1 Å². The van der Waals surface area contributed by atoms with Crippen LogP contribution in [-0.2, 0) is 14.6 Å². The first-order valence-electron chi connectivity index (χ1n) is 6.11. The molecule has 1 amide bonds. The molecule has 2 rings (SSSR count). The van der Waals surface area contributed by atoms with Gasteiger partial charge in [-0.25, -0.2) is 8.42 Å². The lowest BCUT2D eigenvalue weighted by atomic mass is 10.0. The van der Waals surface area contributed by atoms with Gasteiger partial charge in [0.1, 0.15) is 0 Å². The van der Waals surface area contributed by atoms with Gasteiger partial charge in [0.25, 0.3) is 0 Å². The van der Waals surface area contributed by atoms with Crippen LogP contribution in [-0.4, -0.2) is 44.5 Å². The largest absolute Gasteiger partial charge is 0.355 e. The average Bonchev–Trinajstić information content (AvgIpc) is 3.00. The van der Waals surface area contributed by atoms with Crippen LogP contribution in [0.2, 0.25) is 0 Å². The Kier molecular flexibility index (Phi) is 3.45. The van der Waals surface area contributed by atoms with Crippen molar-refractivity contribution in [2.24, 2.45) is 5.92 Å². The zero-order chi connectivity index (χ0) is 12.5. The number of rotatable bonds is 5. The lowest BCUT2D eigenvalue weighted by Crippen LogP contribution is -2.48. The minimum absolute atomic E-state index is 0.0394. The predicted octanol–water partition coefficient (Wildman–Crippen LogP) is -0.321. The molecule has 6 heteroatoms. The molecule has 5 nitrogen and oxygen atoms in total. The van der Waals surface area contributed by atoms with E-state index in [1.807, 2.05) is 6.92 Å². The smallest absolute Gasteiger partial charge is 0.233 e. The van der Waals surface area contributed by atoms with Crippen LogP contribution in [0.1, 0.15) is 26.2 Å². The Morgan fingerprint density at radius 1 is 1.41 bits per heavy atom.